The molecule has 0 amide bonds. The molecule has 1 N–H and O–H groups in total. The van der Waals surface area contributed by atoms with E-state index in [9.17, 15) is 13.4 Å². The molecule has 0 aromatic heterocycles. The quantitative estimate of drug-likeness (QED) is 0.251. The van der Waals surface area contributed by atoms with Crippen molar-refractivity contribution >= 4 is 8.12 Å². The first-order valence-electron chi connectivity index (χ1n) is 1.82. The molecular weight excluding hydrogens is 141 g/mol. The van der Waals surface area contributed by atoms with Gasteiger partial charge in [0.1, 0.15) is 0 Å². The predicted octanol–water partition coefficient (Wildman–Crippen LogP) is 0.834. The van der Waals surface area contributed by atoms with E-state index in [1.54, 1.807) is 0 Å². The van der Waals surface area contributed by atoms with Crippen molar-refractivity contribution in [3.63, 3.8) is 0 Å². The first-order chi connectivity index (χ1) is 3.94. The zero-order chi connectivity index (χ0) is 8.08. The minimum Gasteiger partial charge on any atom is -0.350 e. The van der Waals surface area contributed by atoms with E-state index in [1.165, 1.54) is 0 Å². The highest BCUT2D eigenvalue weighted by atomic mass is 19.6. The van der Waals surface area contributed by atoms with Gasteiger partial charge in [-0.05, 0) is 0 Å². The van der Waals surface area contributed by atoms with Crippen molar-refractivity contribution in [1.82, 2.24) is 0 Å². The van der Waals surface area contributed by atoms with Crippen molar-refractivity contribution < 1.29 is 28.0 Å². The molecule has 0 spiro atoms. The van der Waals surface area contributed by atoms with Gasteiger partial charge in [-0.3, -0.25) is 0 Å². The summed E-state index contributed by atoms with van der Waals surface area (Å²) in [5, 5.41) is 3.85. The lowest BCUT2D eigenvalue weighted by atomic mass is 10.7. The van der Waals surface area contributed by atoms with E-state index in [1.807, 2.05) is 0 Å². The minimum atomic E-state index is -3.89. The summed E-state index contributed by atoms with van der Waals surface area (Å²) in [5.41, 5.74) is 0. The summed E-state index contributed by atoms with van der Waals surface area (Å²) >= 11 is 0. The number of hydrogen-bond acceptors (Lipinski definition) is 1. The van der Waals surface area contributed by atoms with Gasteiger partial charge in [0, 0.05) is 6.92 Å². The molecule has 0 aliphatic rings. The summed E-state index contributed by atoms with van der Waals surface area (Å²) in [7, 11) is 3.00. The number of aliphatic hydroxyl groups excluding tert-OH is 1. The molecule has 0 fully saturated rings. The number of rotatable bonds is 1. The molecular formula is C2H5BF4NO+. The van der Waals surface area contributed by atoms with Crippen molar-refractivity contribution in [2.75, 3.05) is 0 Å². The van der Waals surface area contributed by atoms with Crippen LogP contribution in [0.4, 0.5) is 17.8 Å². The molecule has 1 unspecified atom stereocenters. The second kappa shape index (κ2) is 4.57. The largest absolute Gasteiger partial charge is 0.350 e. The highest BCUT2D eigenvalue weighted by Gasteiger charge is 2.38. The zero-order valence-corrected chi connectivity index (χ0v) is 4.56. The molecule has 0 aliphatic carbocycles. The maximum Gasteiger partial charge on any atom is 0.350 e. The third-order valence-electron chi connectivity index (χ3n) is 0.424. The van der Waals surface area contributed by atoms with E-state index in [4.69, 9.17) is 9.42 Å². The molecule has 2 nitrogen and oxygen atoms in total. The zero-order valence-electron chi connectivity index (χ0n) is 4.56. The predicted molar refractivity (Wildman–Crippen MR) is 22.1 cm³/mol. The number of quaternary nitrogens is 1. The van der Waals surface area contributed by atoms with Crippen molar-refractivity contribution in [2.24, 2.45) is 0 Å². The van der Waals surface area contributed by atoms with Crippen molar-refractivity contribution in [3.8, 4) is 0 Å². The molecule has 0 rings (SSSR count). The fourth-order valence-corrected chi connectivity index (χ4v) is 0. The van der Waals surface area contributed by atoms with Gasteiger partial charge in [-0.25, -0.2) is 0 Å². The Kier molecular flexibility index (Phi) is 5.84. The summed E-state index contributed by atoms with van der Waals surface area (Å²) in [5.74, 6) is 0. The lowest BCUT2D eigenvalue weighted by molar-refractivity contribution is -1.29. The summed E-state index contributed by atoms with van der Waals surface area (Å²) in [4.78, 5) is 0. The Morgan fingerprint density at radius 1 is 1.33 bits per heavy atom. The Hall–Kier alpha value is -0.295. The van der Waals surface area contributed by atoms with Gasteiger partial charge in [0.15, 0.2) is 0 Å². The Bertz CT molecular complexity index is 64.1. The fraction of sp³-hybridized carbons (Fsp3) is 1.00. The molecule has 2 radical (unpaired) electrons. The van der Waals surface area contributed by atoms with Crippen molar-refractivity contribution in [3.05, 3.63) is 0 Å². The minimum absolute atomic E-state index is 0.653. The molecule has 0 heterocycles. The van der Waals surface area contributed by atoms with Crippen LogP contribution >= 0.6 is 0 Å². The molecule has 7 heteroatoms. The number of halogens is 4. The molecule has 0 aromatic carbocycles. The highest BCUT2D eigenvalue weighted by molar-refractivity contribution is 5.96. The van der Waals surface area contributed by atoms with E-state index in [0.717, 1.165) is 0 Å². The van der Waals surface area contributed by atoms with Gasteiger partial charge in [0.2, 0.25) is 0 Å². The number of nitrogens with zero attached hydrogens (tertiary/aromatic N) is 1. The van der Waals surface area contributed by atoms with Crippen LogP contribution in [0.25, 0.3) is 0 Å². The SMILES string of the molecule is CC(O)[N+](F)(F)F.[B]F. The molecule has 0 aliphatic heterocycles. The summed E-state index contributed by atoms with van der Waals surface area (Å²) in [6.45, 7) is 0.653. The Morgan fingerprint density at radius 2 is 1.44 bits per heavy atom. The van der Waals surface area contributed by atoms with Crippen LogP contribution in [0.2, 0.25) is 0 Å². The Balaban J connectivity index is 0. The first kappa shape index (κ1) is 11.5. The van der Waals surface area contributed by atoms with Crippen LogP contribution in [0, 0.1) is 0 Å². The van der Waals surface area contributed by atoms with Crippen LogP contribution in [0.15, 0.2) is 0 Å². The van der Waals surface area contributed by atoms with E-state index in [2.05, 4.69) is 8.12 Å². The standard InChI is InChI=1S/C2H5F3NO.BF/c1-2(7)6(3,4)5;1-2/h2,7H,1H3;/q+1;. The van der Waals surface area contributed by atoms with Gasteiger partial charge in [-0.2, -0.15) is 0 Å². The van der Waals surface area contributed by atoms with Crippen LogP contribution in [0.3, 0.4) is 0 Å². The van der Waals surface area contributed by atoms with Gasteiger partial charge in [0.25, 0.3) is 5.15 Å². The van der Waals surface area contributed by atoms with Crippen LogP contribution in [0.5, 0.6) is 0 Å². The fourth-order valence-electron chi connectivity index (χ4n) is 0. The lowest BCUT2D eigenvalue weighted by Gasteiger charge is -1.99. The topological polar surface area (TPSA) is 20.2 Å². The molecule has 0 bridgehead atoms. The van der Waals surface area contributed by atoms with Crippen LogP contribution < -0.4 is 0 Å². The van der Waals surface area contributed by atoms with Crippen LogP contribution in [0.1, 0.15) is 6.92 Å². The second-order valence-corrected chi connectivity index (χ2v) is 1.12. The third kappa shape index (κ3) is 7.70. The van der Waals surface area contributed by atoms with Crippen molar-refractivity contribution in [2.45, 2.75) is 13.2 Å². The van der Waals surface area contributed by atoms with E-state index >= 15 is 0 Å². The van der Waals surface area contributed by atoms with Gasteiger partial charge < -0.3 is 9.42 Å². The normalized spacial score (nSPS) is 13.6. The number of hydrogen-bond donors (Lipinski definition) is 1. The summed E-state index contributed by atoms with van der Waals surface area (Å²) in [6, 6.07) is 0. The van der Waals surface area contributed by atoms with Gasteiger partial charge in [0.05, 0.1) is 13.4 Å². The van der Waals surface area contributed by atoms with E-state index in [-0.39, 0.29) is 0 Å². The lowest BCUT2D eigenvalue weighted by Crippen LogP contribution is -2.29. The third-order valence-corrected chi connectivity index (χ3v) is 0.424. The van der Waals surface area contributed by atoms with Crippen LogP contribution in [-0.2, 0) is 0 Å². The summed E-state index contributed by atoms with van der Waals surface area (Å²) in [6.07, 6.45) is -2.26. The molecule has 54 valence electrons. The summed E-state index contributed by atoms with van der Waals surface area (Å²) < 4.78 is 41.6. The highest BCUT2D eigenvalue weighted by Crippen LogP contribution is 2.13. The van der Waals surface area contributed by atoms with E-state index in [0.29, 0.717) is 6.92 Å². The maximum absolute atomic E-state index is 10.9. The number of aliphatic hydroxyl groups is 1. The van der Waals surface area contributed by atoms with Crippen molar-refractivity contribution in [1.29, 1.82) is 0 Å². The average Bonchev–Trinajstić information content (AvgIpc) is 1.69. The Labute approximate surface area is 50.5 Å². The molecule has 1 atom stereocenters. The second-order valence-electron chi connectivity index (χ2n) is 1.12. The average molecular weight is 146 g/mol. The van der Waals surface area contributed by atoms with Gasteiger partial charge >= 0.3 is 14.4 Å². The van der Waals surface area contributed by atoms with Gasteiger partial charge in [-0.1, -0.05) is 0 Å². The molecule has 9 heavy (non-hydrogen) atoms. The molecule has 0 saturated carbocycles. The van der Waals surface area contributed by atoms with Crippen LogP contribution in [-0.4, -0.2) is 24.6 Å². The molecule has 0 aromatic rings. The maximum atomic E-state index is 10.9. The van der Waals surface area contributed by atoms with E-state index < -0.39 is 11.4 Å². The van der Waals surface area contributed by atoms with Gasteiger partial charge in [-0.15, -0.1) is 0 Å². The smallest absolute Gasteiger partial charge is 0.350 e. The first-order valence-corrected chi connectivity index (χ1v) is 1.82. The molecule has 0 saturated heterocycles. The monoisotopic (exact) mass is 146 g/mol. The Morgan fingerprint density at radius 3 is 1.44 bits per heavy atom.